The molecule has 0 atom stereocenters. The Balaban J connectivity index is 1.97. The van der Waals surface area contributed by atoms with Gasteiger partial charge < -0.3 is 11.1 Å². The third kappa shape index (κ3) is 2.60. The van der Waals surface area contributed by atoms with Gasteiger partial charge in [0.25, 0.3) is 5.91 Å². The molecule has 6 heteroatoms. The largest absolute Gasteiger partial charge is 0.383 e. The van der Waals surface area contributed by atoms with E-state index in [2.05, 4.69) is 15.5 Å². The molecule has 0 fully saturated rings. The summed E-state index contributed by atoms with van der Waals surface area (Å²) in [6.45, 7) is 0.309. The van der Waals surface area contributed by atoms with Crippen molar-refractivity contribution in [2.45, 2.75) is 6.54 Å². The third-order valence-electron chi connectivity index (χ3n) is 2.28. The Kier molecular flexibility index (Phi) is 3.04. The molecular weight excluding hydrogens is 223 g/mol. The first-order valence-electron chi connectivity index (χ1n) is 4.98. The van der Waals surface area contributed by atoms with E-state index in [0.717, 1.165) is 5.56 Å². The zero-order valence-electron chi connectivity index (χ0n) is 8.90. The Hall–Kier alpha value is -2.37. The topological polar surface area (TPSA) is 83.8 Å². The summed E-state index contributed by atoms with van der Waals surface area (Å²) in [5.74, 6) is -0.402. The molecule has 0 aliphatic rings. The van der Waals surface area contributed by atoms with E-state index in [1.54, 1.807) is 12.1 Å². The lowest BCUT2D eigenvalue weighted by Crippen LogP contribution is -2.23. The fraction of sp³-hybridized carbons (Fsp3) is 0.0909. The molecule has 0 spiro atoms. The van der Waals surface area contributed by atoms with Gasteiger partial charge in [-0.05, 0) is 17.7 Å². The van der Waals surface area contributed by atoms with Gasteiger partial charge in [0.2, 0.25) is 0 Å². The number of carbonyl (C=O) groups is 1. The number of hydrogen-bond acceptors (Lipinski definition) is 3. The van der Waals surface area contributed by atoms with Gasteiger partial charge in [0.15, 0.2) is 0 Å². The number of nitrogens with one attached hydrogen (secondary N) is 2. The van der Waals surface area contributed by atoms with Crippen LogP contribution in [0.4, 0.5) is 10.2 Å². The fourth-order valence-electron chi connectivity index (χ4n) is 1.36. The highest BCUT2D eigenvalue weighted by atomic mass is 19.1. The number of carbonyl (C=O) groups excluding carboxylic acids is 1. The van der Waals surface area contributed by atoms with Crippen molar-refractivity contribution in [3.63, 3.8) is 0 Å². The van der Waals surface area contributed by atoms with Crippen LogP contribution in [0.1, 0.15) is 15.9 Å². The average molecular weight is 234 g/mol. The van der Waals surface area contributed by atoms with E-state index in [4.69, 9.17) is 5.73 Å². The molecule has 0 aliphatic heterocycles. The second kappa shape index (κ2) is 4.65. The molecule has 0 bridgehead atoms. The number of nitrogen functional groups attached to an aromatic ring is 1. The van der Waals surface area contributed by atoms with Crippen molar-refractivity contribution in [2.24, 2.45) is 0 Å². The SMILES string of the molecule is Nc1[nH]ncc1C(=O)NCc1ccc(F)cc1. The van der Waals surface area contributed by atoms with Gasteiger partial charge in [0, 0.05) is 6.54 Å². The minimum atomic E-state index is -0.319. The first-order valence-corrected chi connectivity index (χ1v) is 4.98. The van der Waals surface area contributed by atoms with E-state index < -0.39 is 0 Å². The summed E-state index contributed by atoms with van der Waals surface area (Å²) in [6.07, 6.45) is 1.36. The lowest BCUT2D eigenvalue weighted by molar-refractivity contribution is 0.0952. The van der Waals surface area contributed by atoms with Gasteiger partial charge in [-0.25, -0.2) is 4.39 Å². The van der Waals surface area contributed by atoms with E-state index in [1.165, 1.54) is 18.3 Å². The van der Waals surface area contributed by atoms with Crippen molar-refractivity contribution in [1.29, 1.82) is 0 Å². The van der Waals surface area contributed by atoms with Gasteiger partial charge in [-0.15, -0.1) is 0 Å². The molecule has 1 aromatic carbocycles. The minimum absolute atomic E-state index is 0.224. The molecule has 4 N–H and O–H groups in total. The van der Waals surface area contributed by atoms with Crippen LogP contribution < -0.4 is 11.1 Å². The number of H-pyrrole nitrogens is 1. The second-order valence-corrected chi connectivity index (χ2v) is 3.51. The van der Waals surface area contributed by atoms with E-state index >= 15 is 0 Å². The molecule has 17 heavy (non-hydrogen) atoms. The van der Waals surface area contributed by atoms with E-state index in [0.29, 0.717) is 12.1 Å². The molecule has 1 aromatic heterocycles. The first kappa shape index (κ1) is 11.1. The highest BCUT2D eigenvalue weighted by Gasteiger charge is 2.10. The summed E-state index contributed by atoms with van der Waals surface area (Å²) in [5.41, 5.74) is 6.61. The van der Waals surface area contributed by atoms with Crippen LogP contribution in [0, 0.1) is 5.82 Å². The number of nitrogens with zero attached hydrogens (tertiary/aromatic N) is 1. The van der Waals surface area contributed by atoms with Crippen molar-refractivity contribution in [3.8, 4) is 0 Å². The predicted molar refractivity (Wildman–Crippen MR) is 60.6 cm³/mol. The number of nitrogens with two attached hydrogens (primary N) is 1. The van der Waals surface area contributed by atoms with E-state index in [9.17, 15) is 9.18 Å². The number of rotatable bonds is 3. The number of anilines is 1. The Morgan fingerprint density at radius 3 is 2.71 bits per heavy atom. The summed E-state index contributed by atoms with van der Waals surface area (Å²) in [7, 11) is 0. The Bertz CT molecular complexity index is 521. The normalized spacial score (nSPS) is 10.2. The predicted octanol–water partition coefficient (Wildman–Crippen LogP) is 1.06. The molecule has 0 saturated carbocycles. The van der Waals surface area contributed by atoms with Crippen LogP contribution >= 0.6 is 0 Å². The maximum absolute atomic E-state index is 12.6. The second-order valence-electron chi connectivity index (χ2n) is 3.51. The van der Waals surface area contributed by atoms with Crippen molar-refractivity contribution < 1.29 is 9.18 Å². The number of halogens is 1. The van der Waals surface area contributed by atoms with Gasteiger partial charge >= 0.3 is 0 Å². The van der Waals surface area contributed by atoms with Crippen molar-refractivity contribution >= 4 is 11.7 Å². The summed E-state index contributed by atoms with van der Waals surface area (Å²) in [5, 5.41) is 8.78. The van der Waals surface area contributed by atoms with Crippen LogP contribution in [0.2, 0.25) is 0 Å². The lowest BCUT2D eigenvalue weighted by atomic mass is 10.2. The summed E-state index contributed by atoms with van der Waals surface area (Å²) in [4.78, 5) is 11.6. The van der Waals surface area contributed by atoms with Crippen LogP contribution in [0.15, 0.2) is 30.5 Å². The number of benzene rings is 1. The quantitative estimate of drug-likeness (QED) is 0.742. The molecule has 1 amide bonds. The maximum atomic E-state index is 12.6. The smallest absolute Gasteiger partial charge is 0.256 e. The van der Waals surface area contributed by atoms with E-state index in [1.807, 2.05) is 0 Å². The molecule has 2 aromatic rings. The fourth-order valence-corrected chi connectivity index (χ4v) is 1.36. The molecular formula is C11H11FN4O. The highest BCUT2D eigenvalue weighted by molar-refractivity contribution is 5.97. The monoisotopic (exact) mass is 234 g/mol. The zero-order chi connectivity index (χ0) is 12.3. The molecule has 0 saturated heterocycles. The molecule has 1 heterocycles. The number of hydrogen-bond donors (Lipinski definition) is 3. The van der Waals surface area contributed by atoms with Gasteiger partial charge in [-0.2, -0.15) is 5.10 Å². The Labute approximate surface area is 96.8 Å². The van der Waals surface area contributed by atoms with Crippen LogP contribution in [0.3, 0.4) is 0 Å². The van der Waals surface area contributed by atoms with Crippen LogP contribution in [-0.2, 0) is 6.54 Å². The van der Waals surface area contributed by atoms with E-state index in [-0.39, 0.29) is 17.5 Å². The standard InChI is InChI=1S/C11H11FN4O/c12-8-3-1-7(2-4-8)5-14-11(17)9-6-15-16-10(9)13/h1-4,6H,5H2,(H,14,17)(H3,13,15,16). The maximum Gasteiger partial charge on any atom is 0.256 e. The Morgan fingerprint density at radius 2 is 2.12 bits per heavy atom. The van der Waals surface area contributed by atoms with Crippen molar-refractivity contribution in [3.05, 3.63) is 47.4 Å². The number of aromatic nitrogens is 2. The average Bonchev–Trinajstić information content (AvgIpc) is 2.74. The van der Waals surface area contributed by atoms with Crippen LogP contribution in [0.5, 0.6) is 0 Å². The molecule has 88 valence electrons. The zero-order valence-corrected chi connectivity index (χ0v) is 8.90. The minimum Gasteiger partial charge on any atom is -0.383 e. The molecule has 0 unspecified atom stereocenters. The van der Waals surface area contributed by atoms with Crippen LogP contribution in [0.25, 0.3) is 0 Å². The molecule has 5 nitrogen and oxygen atoms in total. The van der Waals surface area contributed by atoms with Gasteiger partial charge in [-0.3, -0.25) is 9.89 Å². The lowest BCUT2D eigenvalue weighted by Gasteiger charge is -2.04. The van der Waals surface area contributed by atoms with Crippen molar-refractivity contribution in [2.75, 3.05) is 5.73 Å². The Morgan fingerprint density at radius 1 is 1.41 bits per heavy atom. The van der Waals surface area contributed by atoms with Gasteiger partial charge in [0.1, 0.15) is 17.2 Å². The first-order chi connectivity index (χ1) is 8.16. The summed E-state index contributed by atoms with van der Waals surface area (Å²) >= 11 is 0. The van der Waals surface area contributed by atoms with Gasteiger partial charge in [-0.1, -0.05) is 12.1 Å². The van der Waals surface area contributed by atoms with Crippen LogP contribution in [-0.4, -0.2) is 16.1 Å². The van der Waals surface area contributed by atoms with Gasteiger partial charge in [0.05, 0.1) is 6.20 Å². The van der Waals surface area contributed by atoms with Crippen molar-refractivity contribution in [1.82, 2.24) is 15.5 Å². The molecule has 0 aliphatic carbocycles. The summed E-state index contributed by atoms with van der Waals surface area (Å²) < 4.78 is 12.6. The number of amides is 1. The molecule has 2 rings (SSSR count). The summed E-state index contributed by atoms with van der Waals surface area (Å²) in [6, 6.07) is 5.89. The third-order valence-corrected chi connectivity index (χ3v) is 2.28. The number of aromatic amines is 1. The highest BCUT2D eigenvalue weighted by Crippen LogP contribution is 2.06. The molecule has 0 radical (unpaired) electrons.